The summed E-state index contributed by atoms with van der Waals surface area (Å²) in [6, 6.07) is 18.7. The number of anilines is 1. The van der Waals surface area contributed by atoms with E-state index in [4.69, 9.17) is 12.2 Å². The van der Waals surface area contributed by atoms with Gasteiger partial charge >= 0.3 is 0 Å². The number of rotatable bonds is 5. The van der Waals surface area contributed by atoms with Crippen molar-refractivity contribution in [3.05, 3.63) is 88.3 Å². The highest BCUT2D eigenvalue weighted by atomic mass is 32.2. The molecule has 2 aromatic rings. The monoisotopic (exact) mass is 450 g/mol. The number of carbonyl (C=O) groups is 1. The Hall–Kier alpha value is -2.28. The molecule has 1 amide bonds. The highest BCUT2D eigenvalue weighted by Gasteiger charge is 2.30. The van der Waals surface area contributed by atoms with Gasteiger partial charge in [0.15, 0.2) is 0 Å². The molecule has 0 bridgehead atoms. The number of thiocarbonyl (C=S) groups is 1. The summed E-state index contributed by atoms with van der Waals surface area (Å²) in [5.41, 5.74) is 3.42. The minimum atomic E-state index is -0.0124. The number of nitrogens with zero attached hydrogens (tertiary/aromatic N) is 2. The Labute approximate surface area is 191 Å². The third-order valence-corrected chi connectivity index (χ3v) is 7.45. The predicted octanol–water partition coefficient (Wildman–Crippen LogP) is 6.31. The summed E-state index contributed by atoms with van der Waals surface area (Å²) in [5, 5.41) is 1.18. The number of amides is 1. The lowest BCUT2D eigenvalue weighted by molar-refractivity contribution is -0.122. The van der Waals surface area contributed by atoms with Gasteiger partial charge in [0, 0.05) is 18.0 Å². The van der Waals surface area contributed by atoms with Gasteiger partial charge in [-0.05, 0) is 49.3 Å². The molecule has 2 heterocycles. The second-order valence-corrected chi connectivity index (χ2v) is 9.47. The first-order valence-electron chi connectivity index (χ1n) is 9.89. The minimum Gasteiger partial charge on any atom is -0.335 e. The number of para-hydroxylation sites is 1. The zero-order valence-electron chi connectivity index (χ0n) is 16.9. The maximum atomic E-state index is 12.6. The van der Waals surface area contributed by atoms with Gasteiger partial charge < -0.3 is 4.90 Å². The van der Waals surface area contributed by atoms with Crippen molar-refractivity contribution in [3.8, 4) is 0 Å². The van der Waals surface area contributed by atoms with Gasteiger partial charge in [0.2, 0.25) is 0 Å². The quantitative estimate of drug-likeness (QED) is 0.392. The molecule has 3 nitrogen and oxygen atoms in total. The molecule has 30 heavy (non-hydrogen) atoms. The number of benzene rings is 2. The third-order valence-electron chi connectivity index (χ3n) is 4.94. The van der Waals surface area contributed by atoms with Gasteiger partial charge in [-0.1, -0.05) is 84.3 Å². The zero-order chi connectivity index (χ0) is 21.1. The Morgan fingerprint density at radius 3 is 2.37 bits per heavy atom. The van der Waals surface area contributed by atoms with Crippen LogP contribution in [0.5, 0.6) is 0 Å². The summed E-state index contributed by atoms with van der Waals surface area (Å²) in [7, 11) is 0. The van der Waals surface area contributed by atoms with Crippen molar-refractivity contribution in [2.75, 3.05) is 18.0 Å². The fourth-order valence-corrected chi connectivity index (χ4v) is 5.93. The van der Waals surface area contributed by atoms with Crippen LogP contribution in [0.25, 0.3) is 5.57 Å². The molecule has 0 N–H and O–H groups in total. The van der Waals surface area contributed by atoms with Crippen LogP contribution in [0.4, 0.5) is 5.69 Å². The summed E-state index contributed by atoms with van der Waals surface area (Å²) >= 11 is 8.49. The van der Waals surface area contributed by atoms with Crippen molar-refractivity contribution in [2.24, 2.45) is 0 Å². The summed E-state index contributed by atoms with van der Waals surface area (Å²) in [6.45, 7) is 5.60. The number of thioether (sulfide) groups is 2. The maximum absolute atomic E-state index is 12.6. The van der Waals surface area contributed by atoms with E-state index in [1.165, 1.54) is 27.4 Å². The van der Waals surface area contributed by atoms with E-state index >= 15 is 0 Å². The Balaban J connectivity index is 1.73. The summed E-state index contributed by atoms with van der Waals surface area (Å²) in [6.07, 6.45) is 6.14. The molecule has 6 heteroatoms. The smallest absolute Gasteiger partial charge is 0.266 e. The minimum absolute atomic E-state index is 0.0124. The fraction of sp³-hybridized carbons (Fsp3) is 0.167. The summed E-state index contributed by atoms with van der Waals surface area (Å²) < 4.78 is 0.626. The van der Waals surface area contributed by atoms with Crippen LogP contribution in [-0.2, 0) is 4.79 Å². The molecule has 0 aliphatic carbocycles. The number of likely N-dealkylation sites (N-methyl/N-ethyl adjacent to an activating group) is 1. The van der Waals surface area contributed by atoms with E-state index in [-0.39, 0.29) is 5.91 Å². The van der Waals surface area contributed by atoms with E-state index in [2.05, 4.69) is 54.3 Å². The highest BCUT2D eigenvalue weighted by Crippen LogP contribution is 2.46. The molecule has 2 aliphatic rings. The van der Waals surface area contributed by atoms with Gasteiger partial charge in [-0.25, -0.2) is 0 Å². The summed E-state index contributed by atoms with van der Waals surface area (Å²) in [4.78, 5) is 18.5. The Morgan fingerprint density at radius 1 is 0.967 bits per heavy atom. The maximum Gasteiger partial charge on any atom is 0.266 e. The van der Waals surface area contributed by atoms with Gasteiger partial charge in [0.1, 0.15) is 4.32 Å². The van der Waals surface area contributed by atoms with E-state index in [1.807, 2.05) is 37.3 Å². The molecule has 2 aromatic carbocycles. The SMILES string of the molecule is CCN1C(=O)C(=CC=C(C=C2Sc3ccccc3N2CC)c2ccccc2)SC1=S. The number of hydrogen-bond donors (Lipinski definition) is 0. The second-order valence-electron chi connectivity index (χ2n) is 6.73. The standard InChI is InChI=1S/C24H22N2OS3/c1-3-25-19-12-8-9-13-20(19)29-22(25)16-18(17-10-6-5-7-11-17)14-15-21-23(27)26(4-2)24(28)30-21/h5-16H,3-4H2,1-2H3. The molecular weight excluding hydrogens is 428 g/mol. The van der Waals surface area contributed by atoms with Gasteiger partial charge in [-0.3, -0.25) is 9.69 Å². The van der Waals surface area contributed by atoms with Crippen molar-refractivity contribution >= 4 is 57.2 Å². The van der Waals surface area contributed by atoms with Gasteiger partial charge in [0.05, 0.1) is 15.6 Å². The van der Waals surface area contributed by atoms with E-state index in [9.17, 15) is 4.79 Å². The van der Waals surface area contributed by atoms with Gasteiger partial charge in [-0.15, -0.1) is 0 Å². The van der Waals surface area contributed by atoms with Crippen molar-refractivity contribution in [2.45, 2.75) is 18.7 Å². The molecule has 0 aromatic heterocycles. The molecule has 2 aliphatic heterocycles. The highest BCUT2D eigenvalue weighted by molar-refractivity contribution is 8.26. The van der Waals surface area contributed by atoms with E-state index < -0.39 is 0 Å². The largest absolute Gasteiger partial charge is 0.335 e. The lowest BCUT2D eigenvalue weighted by Crippen LogP contribution is -2.27. The molecule has 0 saturated carbocycles. The van der Waals surface area contributed by atoms with Crippen LogP contribution in [0.15, 0.2) is 87.7 Å². The molecule has 0 spiro atoms. The molecule has 152 valence electrons. The predicted molar refractivity (Wildman–Crippen MR) is 133 cm³/mol. The van der Waals surface area contributed by atoms with Crippen molar-refractivity contribution in [3.63, 3.8) is 0 Å². The van der Waals surface area contributed by atoms with Crippen LogP contribution in [0.3, 0.4) is 0 Å². The number of allylic oxidation sites excluding steroid dienone is 4. The van der Waals surface area contributed by atoms with Crippen molar-refractivity contribution in [1.82, 2.24) is 4.90 Å². The molecule has 0 radical (unpaired) electrons. The lowest BCUT2D eigenvalue weighted by atomic mass is 10.1. The molecule has 4 rings (SSSR count). The molecular formula is C24H22N2OS3. The first kappa shape index (κ1) is 21.0. The van der Waals surface area contributed by atoms with Crippen LogP contribution >= 0.6 is 35.7 Å². The third kappa shape index (κ3) is 4.13. The zero-order valence-corrected chi connectivity index (χ0v) is 19.3. The van der Waals surface area contributed by atoms with Crippen LogP contribution in [0.1, 0.15) is 19.4 Å². The molecule has 1 fully saturated rings. The Kier molecular flexibility index (Phi) is 6.46. The number of hydrogen-bond acceptors (Lipinski definition) is 5. The fourth-order valence-electron chi connectivity index (χ4n) is 3.43. The number of carbonyl (C=O) groups excluding carboxylic acids is 1. The van der Waals surface area contributed by atoms with Crippen LogP contribution in [-0.4, -0.2) is 28.2 Å². The topological polar surface area (TPSA) is 23.6 Å². The average Bonchev–Trinajstić information content (AvgIpc) is 3.26. The Morgan fingerprint density at radius 2 is 1.67 bits per heavy atom. The lowest BCUT2D eigenvalue weighted by Gasteiger charge is -2.18. The van der Waals surface area contributed by atoms with Crippen LogP contribution in [0.2, 0.25) is 0 Å². The normalized spacial score (nSPS) is 19.3. The Bertz CT molecular complexity index is 1070. The van der Waals surface area contributed by atoms with Crippen molar-refractivity contribution < 1.29 is 4.79 Å². The number of fused-ring (bicyclic) bond motifs is 1. The molecule has 1 saturated heterocycles. The van der Waals surface area contributed by atoms with E-state index in [1.54, 1.807) is 16.7 Å². The van der Waals surface area contributed by atoms with E-state index in [0.29, 0.717) is 15.8 Å². The van der Waals surface area contributed by atoms with Gasteiger partial charge in [-0.2, -0.15) is 0 Å². The second kappa shape index (κ2) is 9.25. The molecule has 0 unspecified atom stereocenters. The van der Waals surface area contributed by atoms with E-state index in [0.717, 1.165) is 17.7 Å². The first-order chi connectivity index (χ1) is 14.6. The first-order valence-corrected chi connectivity index (χ1v) is 11.9. The van der Waals surface area contributed by atoms with Gasteiger partial charge in [0.25, 0.3) is 5.91 Å². The van der Waals surface area contributed by atoms with Crippen LogP contribution in [0, 0.1) is 0 Å². The molecule has 0 atom stereocenters. The summed E-state index contributed by atoms with van der Waals surface area (Å²) in [5.74, 6) is -0.0124. The van der Waals surface area contributed by atoms with Crippen molar-refractivity contribution in [1.29, 1.82) is 0 Å². The van der Waals surface area contributed by atoms with Crippen LogP contribution < -0.4 is 4.90 Å². The average molecular weight is 451 g/mol.